The van der Waals surface area contributed by atoms with Crippen LogP contribution in [0.15, 0.2) is 11.4 Å². The topological polar surface area (TPSA) is 35.8 Å². The summed E-state index contributed by atoms with van der Waals surface area (Å²) in [6.45, 7) is 2.15. The van der Waals surface area contributed by atoms with Crippen LogP contribution in [0.2, 0.25) is 0 Å². The lowest BCUT2D eigenvalue weighted by Gasteiger charge is -2.25. The van der Waals surface area contributed by atoms with Gasteiger partial charge in [-0.05, 0) is 6.07 Å². The second-order valence-corrected chi connectivity index (χ2v) is 3.65. The van der Waals surface area contributed by atoms with E-state index in [-0.39, 0.29) is 0 Å². The highest BCUT2D eigenvalue weighted by molar-refractivity contribution is 7.10. The van der Waals surface area contributed by atoms with E-state index in [1.807, 2.05) is 11.4 Å². The quantitative estimate of drug-likeness (QED) is 0.679. The molecule has 56 valence electrons. The molecule has 0 amide bonds. The molecule has 0 radical (unpaired) electrons. The van der Waals surface area contributed by atoms with Crippen molar-refractivity contribution in [3.8, 4) is 6.07 Å². The molecule has 1 aromatic heterocycles. The fraction of sp³-hybridized carbons (Fsp3) is 0.375. The molecule has 1 aliphatic heterocycles. The molecule has 1 fully saturated rings. The molecule has 0 aliphatic carbocycles. The lowest BCUT2D eigenvalue weighted by atomic mass is 10.0. The maximum atomic E-state index is 8.56. The van der Waals surface area contributed by atoms with Crippen molar-refractivity contribution >= 4 is 11.3 Å². The Labute approximate surface area is 69.5 Å². The molecular formula is C8H8N2S. The number of nitriles is 1. The molecular weight excluding hydrogens is 156 g/mol. The van der Waals surface area contributed by atoms with Crippen molar-refractivity contribution in [3.63, 3.8) is 0 Å². The predicted octanol–water partition coefficient (Wildman–Crippen LogP) is 1.31. The maximum Gasteiger partial charge on any atom is 0.100 e. The van der Waals surface area contributed by atoms with Crippen molar-refractivity contribution < 1.29 is 0 Å². The zero-order valence-corrected chi connectivity index (χ0v) is 6.82. The molecule has 0 spiro atoms. The van der Waals surface area contributed by atoms with E-state index in [1.165, 1.54) is 4.88 Å². The lowest BCUT2D eigenvalue weighted by Crippen LogP contribution is -2.39. The highest BCUT2D eigenvalue weighted by Gasteiger charge is 2.20. The molecule has 0 saturated carbocycles. The van der Waals surface area contributed by atoms with Gasteiger partial charge in [-0.3, -0.25) is 0 Å². The van der Waals surface area contributed by atoms with E-state index < -0.39 is 0 Å². The second kappa shape index (κ2) is 2.65. The van der Waals surface area contributed by atoms with Gasteiger partial charge in [0.1, 0.15) is 6.07 Å². The molecule has 1 aliphatic rings. The minimum Gasteiger partial charge on any atom is -0.315 e. The van der Waals surface area contributed by atoms with Crippen molar-refractivity contribution in [1.29, 1.82) is 5.26 Å². The average Bonchev–Trinajstić information content (AvgIpc) is 2.32. The molecule has 1 N–H and O–H groups in total. The molecule has 2 nitrogen and oxygen atoms in total. The molecule has 11 heavy (non-hydrogen) atoms. The Morgan fingerprint density at radius 2 is 2.45 bits per heavy atom. The zero-order chi connectivity index (χ0) is 7.68. The summed E-state index contributed by atoms with van der Waals surface area (Å²) in [5.41, 5.74) is 0.803. The Kier molecular flexibility index (Phi) is 1.65. The van der Waals surface area contributed by atoms with Gasteiger partial charge in [0.25, 0.3) is 0 Å². The van der Waals surface area contributed by atoms with Gasteiger partial charge in [0, 0.05) is 29.3 Å². The molecule has 0 bridgehead atoms. The molecule has 0 unspecified atom stereocenters. The summed E-state index contributed by atoms with van der Waals surface area (Å²) in [6, 6.07) is 4.14. The molecule has 1 aromatic rings. The average molecular weight is 164 g/mol. The first-order valence-electron chi connectivity index (χ1n) is 3.59. The van der Waals surface area contributed by atoms with Crippen molar-refractivity contribution in [2.75, 3.05) is 13.1 Å². The van der Waals surface area contributed by atoms with E-state index in [1.54, 1.807) is 11.3 Å². The summed E-state index contributed by atoms with van der Waals surface area (Å²) < 4.78 is 0. The minimum atomic E-state index is 0.669. The molecule has 0 aromatic carbocycles. The number of nitrogens with one attached hydrogen (secondary N) is 1. The third-order valence-corrected chi connectivity index (χ3v) is 3.03. The Hall–Kier alpha value is -0.850. The van der Waals surface area contributed by atoms with Gasteiger partial charge in [-0.2, -0.15) is 5.26 Å². The van der Waals surface area contributed by atoms with Gasteiger partial charge < -0.3 is 5.32 Å². The fourth-order valence-corrected chi connectivity index (χ4v) is 2.05. The van der Waals surface area contributed by atoms with Crippen molar-refractivity contribution in [2.45, 2.75) is 5.92 Å². The smallest absolute Gasteiger partial charge is 0.100 e. The van der Waals surface area contributed by atoms with Crippen LogP contribution in [0.25, 0.3) is 0 Å². The summed E-state index contributed by atoms with van der Waals surface area (Å²) in [6.07, 6.45) is 0. The summed E-state index contributed by atoms with van der Waals surface area (Å²) in [7, 11) is 0. The number of thiophene rings is 1. The molecule has 0 atom stereocenters. The molecule has 2 rings (SSSR count). The van der Waals surface area contributed by atoms with E-state index in [4.69, 9.17) is 5.26 Å². The van der Waals surface area contributed by atoms with Gasteiger partial charge in [0.15, 0.2) is 0 Å². The van der Waals surface area contributed by atoms with Crippen LogP contribution in [-0.2, 0) is 0 Å². The summed E-state index contributed by atoms with van der Waals surface area (Å²) in [5.74, 6) is 0.669. The normalized spacial score (nSPS) is 17.4. The SMILES string of the molecule is N#Cc1csc(C2CNC2)c1. The summed E-state index contributed by atoms with van der Waals surface area (Å²) in [4.78, 5) is 1.35. The Morgan fingerprint density at radius 3 is 2.91 bits per heavy atom. The van der Waals surface area contributed by atoms with Crippen LogP contribution in [0.1, 0.15) is 16.4 Å². The van der Waals surface area contributed by atoms with Crippen molar-refractivity contribution in [2.24, 2.45) is 0 Å². The number of rotatable bonds is 1. The number of nitrogens with zero attached hydrogens (tertiary/aromatic N) is 1. The van der Waals surface area contributed by atoms with Crippen LogP contribution < -0.4 is 5.32 Å². The van der Waals surface area contributed by atoms with Crippen LogP contribution in [0.5, 0.6) is 0 Å². The van der Waals surface area contributed by atoms with Crippen LogP contribution in [0.3, 0.4) is 0 Å². The highest BCUT2D eigenvalue weighted by Crippen LogP contribution is 2.26. The van der Waals surface area contributed by atoms with Crippen LogP contribution in [0, 0.1) is 11.3 Å². The summed E-state index contributed by atoms with van der Waals surface area (Å²) >= 11 is 1.70. The van der Waals surface area contributed by atoms with Crippen LogP contribution in [-0.4, -0.2) is 13.1 Å². The largest absolute Gasteiger partial charge is 0.315 e. The summed E-state index contributed by atoms with van der Waals surface area (Å²) in [5, 5.41) is 13.7. The highest BCUT2D eigenvalue weighted by atomic mass is 32.1. The van der Waals surface area contributed by atoms with Gasteiger partial charge in [-0.25, -0.2) is 0 Å². The van der Waals surface area contributed by atoms with Crippen LogP contribution in [0.4, 0.5) is 0 Å². The molecule has 2 heterocycles. The number of hydrogen-bond acceptors (Lipinski definition) is 3. The lowest BCUT2D eigenvalue weighted by molar-refractivity contribution is 0.454. The molecule has 1 saturated heterocycles. The minimum absolute atomic E-state index is 0.669. The fourth-order valence-electron chi connectivity index (χ4n) is 1.12. The zero-order valence-electron chi connectivity index (χ0n) is 6.00. The number of hydrogen-bond donors (Lipinski definition) is 1. The van der Waals surface area contributed by atoms with E-state index in [9.17, 15) is 0 Å². The third-order valence-electron chi connectivity index (χ3n) is 1.93. The Bertz CT molecular complexity index is 293. The Balaban J connectivity index is 2.19. The van der Waals surface area contributed by atoms with Crippen molar-refractivity contribution in [1.82, 2.24) is 5.32 Å². The van der Waals surface area contributed by atoms with Gasteiger partial charge in [0.2, 0.25) is 0 Å². The van der Waals surface area contributed by atoms with Gasteiger partial charge in [0.05, 0.1) is 5.56 Å². The standard InChI is InChI=1S/C8H8N2S/c9-2-6-1-8(11-5-6)7-3-10-4-7/h1,5,7,10H,3-4H2. The first kappa shape index (κ1) is 6.84. The Morgan fingerprint density at radius 1 is 1.64 bits per heavy atom. The monoisotopic (exact) mass is 164 g/mol. The first-order chi connectivity index (χ1) is 5.40. The first-order valence-corrected chi connectivity index (χ1v) is 4.47. The van der Waals surface area contributed by atoms with Gasteiger partial charge in [-0.1, -0.05) is 0 Å². The van der Waals surface area contributed by atoms with Gasteiger partial charge in [-0.15, -0.1) is 11.3 Å². The van der Waals surface area contributed by atoms with E-state index in [0.717, 1.165) is 18.7 Å². The van der Waals surface area contributed by atoms with E-state index in [2.05, 4.69) is 11.4 Å². The third kappa shape index (κ3) is 1.15. The maximum absolute atomic E-state index is 8.56. The van der Waals surface area contributed by atoms with E-state index in [0.29, 0.717) is 5.92 Å². The van der Waals surface area contributed by atoms with Crippen LogP contribution >= 0.6 is 11.3 Å². The molecule has 3 heteroatoms. The second-order valence-electron chi connectivity index (χ2n) is 2.70. The van der Waals surface area contributed by atoms with E-state index >= 15 is 0 Å². The van der Waals surface area contributed by atoms with Gasteiger partial charge >= 0.3 is 0 Å². The predicted molar refractivity (Wildman–Crippen MR) is 44.6 cm³/mol. The van der Waals surface area contributed by atoms with Crippen molar-refractivity contribution in [3.05, 3.63) is 21.9 Å².